The van der Waals surface area contributed by atoms with Crippen molar-refractivity contribution in [3.05, 3.63) is 54.4 Å². The summed E-state index contributed by atoms with van der Waals surface area (Å²) in [6.45, 7) is 2.02. The Morgan fingerprint density at radius 1 is 1.28 bits per heavy atom. The molecule has 3 aromatic rings. The average Bonchev–Trinajstić information content (AvgIpc) is 3.37. The molecule has 1 amide bonds. The average molecular weight is 352 g/mol. The van der Waals surface area contributed by atoms with Gasteiger partial charge in [0.2, 0.25) is 5.91 Å². The molecule has 1 N–H and O–H groups in total. The molecule has 1 unspecified atom stereocenters. The van der Waals surface area contributed by atoms with Crippen molar-refractivity contribution in [3.8, 4) is 0 Å². The highest BCUT2D eigenvalue weighted by Gasteiger charge is 2.26. The second-order valence-electron chi connectivity index (χ2n) is 6.40. The summed E-state index contributed by atoms with van der Waals surface area (Å²) in [4.78, 5) is 12.4. The van der Waals surface area contributed by atoms with E-state index in [0.717, 1.165) is 10.7 Å². The molecule has 1 heterocycles. The lowest BCUT2D eigenvalue weighted by molar-refractivity contribution is -0.119. The number of carbonyl (C=O) groups is 1. The van der Waals surface area contributed by atoms with Crippen LogP contribution in [0.2, 0.25) is 0 Å². The van der Waals surface area contributed by atoms with Gasteiger partial charge >= 0.3 is 0 Å². The number of fused-ring (bicyclic) bond motifs is 1. The number of hydrogen-bond donors (Lipinski definition) is 1. The van der Waals surface area contributed by atoms with Gasteiger partial charge in [0.25, 0.3) is 0 Å². The molecule has 2 aromatic carbocycles. The van der Waals surface area contributed by atoms with Crippen LogP contribution in [-0.4, -0.2) is 26.4 Å². The van der Waals surface area contributed by atoms with Gasteiger partial charge in [0.05, 0.1) is 11.8 Å². The first-order valence-electron chi connectivity index (χ1n) is 8.51. The van der Waals surface area contributed by atoms with Crippen LogP contribution in [0.15, 0.2) is 53.9 Å². The van der Waals surface area contributed by atoms with E-state index in [1.807, 2.05) is 25.1 Å². The Hall–Kier alpha value is -2.34. The van der Waals surface area contributed by atoms with Crippen LogP contribution >= 0.6 is 11.8 Å². The summed E-state index contributed by atoms with van der Waals surface area (Å²) < 4.78 is 2.08. The van der Waals surface area contributed by atoms with Crippen molar-refractivity contribution in [2.75, 3.05) is 5.75 Å². The Morgan fingerprint density at radius 3 is 2.92 bits per heavy atom. The zero-order valence-electron chi connectivity index (χ0n) is 14.1. The topological polar surface area (TPSA) is 59.8 Å². The number of nitrogens with one attached hydrogen (secondary N) is 1. The van der Waals surface area contributed by atoms with Gasteiger partial charge in [-0.15, -0.1) is 10.2 Å². The lowest BCUT2D eigenvalue weighted by Gasteiger charge is -2.16. The Morgan fingerprint density at radius 2 is 2.08 bits per heavy atom. The number of benzene rings is 2. The fourth-order valence-electron chi connectivity index (χ4n) is 3.06. The van der Waals surface area contributed by atoms with Crippen LogP contribution in [0.5, 0.6) is 0 Å². The predicted octanol–water partition coefficient (Wildman–Crippen LogP) is 3.74. The van der Waals surface area contributed by atoms with E-state index in [-0.39, 0.29) is 11.9 Å². The number of amides is 1. The minimum Gasteiger partial charge on any atom is -0.349 e. The molecule has 5 nitrogen and oxygen atoms in total. The highest BCUT2D eigenvalue weighted by atomic mass is 32.2. The molecular formula is C19H20N4OS. The molecule has 128 valence electrons. The fourth-order valence-corrected chi connectivity index (χ4v) is 3.85. The Kier molecular flexibility index (Phi) is 4.44. The third-order valence-electron chi connectivity index (χ3n) is 4.48. The summed E-state index contributed by atoms with van der Waals surface area (Å²) in [5.74, 6) is 0.358. The fraction of sp³-hybridized carbons (Fsp3) is 0.316. The molecule has 0 aliphatic heterocycles. The Labute approximate surface area is 150 Å². The molecule has 4 rings (SSSR count). The summed E-state index contributed by atoms with van der Waals surface area (Å²) in [7, 11) is 0. The third-order valence-corrected chi connectivity index (χ3v) is 5.44. The summed E-state index contributed by atoms with van der Waals surface area (Å²) in [5, 5.41) is 14.4. The van der Waals surface area contributed by atoms with Gasteiger partial charge in [-0.05, 0) is 36.1 Å². The second kappa shape index (κ2) is 6.88. The van der Waals surface area contributed by atoms with Gasteiger partial charge in [0, 0.05) is 6.04 Å². The smallest absolute Gasteiger partial charge is 0.230 e. The minimum atomic E-state index is -0.0412. The van der Waals surface area contributed by atoms with Crippen LogP contribution < -0.4 is 5.32 Å². The van der Waals surface area contributed by atoms with E-state index in [1.165, 1.54) is 35.4 Å². The van der Waals surface area contributed by atoms with Crippen LogP contribution in [-0.2, 0) is 4.79 Å². The standard InChI is InChI=1S/C19H20N4OS/c1-13(16-8-4-6-14-5-2-3-7-17(14)16)21-18(24)11-25-19-22-20-12-23(19)15-9-10-15/h2-8,12-13,15H,9-11H2,1H3,(H,21,24). The molecular weight excluding hydrogens is 332 g/mol. The molecule has 1 saturated carbocycles. The quantitative estimate of drug-likeness (QED) is 0.687. The molecule has 0 spiro atoms. The zero-order valence-corrected chi connectivity index (χ0v) is 14.9. The largest absolute Gasteiger partial charge is 0.349 e. The van der Waals surface area contributed by atoms with E-state index < -0.39 is 0 Å². The highest BCUT2D eigenvalue weighted by molar-refractivity contribution is 7.99. The van der Waals surface area contributed by atoms with Gasteiger partial charge in [-0.1, -0.05) is 54.2 Å². The van der Waals surface area contributed by atoms with E-state index in [0.29, 0.717) is 11.8 Å². The third kappa shape index (κ3) is 3.54. The molecule has 6 heteroatoms. The summed E-state index contributed by atoms with van der Waals surface area (Å²) in [6.07, 6.45) is 4.11. The highest BCUT2D eigenvalue weighted by Crippen LogP contribution is 2.37. The van der Waals surface area contributed by atoms with Crippen molar-refractivity contribution in [2.45, 2.75) is 37.0 Å². The van der Waals surface area contributed by atoms with Crippen LogP contribution in [0.25, 0.3) is 10.8 Å². The number of carbonyl (C=O) groups excluding carboxylic acids is 1. The number of hydrogen-bond acceptors (Lipinski definition) is 4. The van der Waals surface area contributed by atoms with Crippen molar-refractivity contribution in [1.82, 2.24) is 20.1 Å². The molecule has 0 bridgehead atoms. The van der Waals surface area contributed by atoms with Gasteiger partial charge in [-0.25, -0.2) is 0 Å². The number of nitrogens with zero attached hydrogens (tertiary/aromatic N) is 3. The summed E-state index contributed by atoms with van der Waals surface area (Å²) in [6, 6.07) is 14.9. The van der Waals surface area contributed by atoms with Gasteiger partial charge in [0.15, 0.2) is 5.16 Å². The normalized spacial score (nSPS) is 15.2. The molecule has 1 aliphatic rings. The maximum Gasteiger partial charge on any atom is 0.230 e. The number of aromatic nitrogens is 3. The molecule has 1 fully saturated rings. The van der Waals surface area contributed by atoms with Gasteiger partial charge < -0.3 is 9.88 Å². The van der Waals surface area contributed by atoms with E-state index in [2.05, 4.69) is 44.3 Å². The van der Waals surface area contributed by atoms with Crippen LogP contribution in [0.3, 0.4) is 0 Å². The molecule has 1 aromatic heterocycles. The van der Waals surface area contributed by atoms with Gasteiger partial charge in [0.1, 0.15) is 6.33 Å². The second-order valence-corrected chi connectivity index (χ2v) is 7.34. The first-order valence-corrected chi connectivity index (χ1v) is 9.50. The monoisotopic (exact) mass is 352 g/mol. The van der Waals surface area contributed by atoms with Crippen molar-refractivity contribution in [2.24, 2.45) is 0 Å². The lowest BCUT2D eigenvalue weighted by Crippen LogP contribution is -2.28. The zero-order chi connectivity index (χ0) is 17.2. The van der Waals surface area contributed by atoms with Crippen LogP contribution in [0.1, 0.15) is 37.4 Å². The summed E-state index contributed by atoms with van der Waals surface area (Å²) in [5.41, 5.74) is 1.14. The van der Waals surface area contributed by atoms with Gasteiger partial charge in [-0.3, -0.25) is 4.79 Å². The Bertz CT molecular complexity index is 898. The van der Waals surface area contributed by atoms with Crippen LogP contribution in [0, 0.1) is 0 Å². The van der Waals surface area contributed by atoms with Crippen molar-refractivity contribution in [1.29, 1.82) is 0 Å². The number of thioether (sulfide) groups is 1. The van der Waals surface area contributed by atoms with Crippen molar-refractivity contribution >= 4 is 28.4 Å². The predicted molar refractivity (Wildman–Crippen MR) is 99.5 cm³/mol. The Balaban J connectivity index is 1.40. The molecule has 1 atom stereocenters. The lowest BCUT2D eigenvalue weighted by atomic mass is 10.00. The maximum absolute atomic E-state index is 12.4. The first-order chi connectivity index (χ1) is 12.2. The van der Waals surface area contributed by atoms with E-state index in [1.54, 1.807) is 6.33 Å². The summed E-state index contributed by atoms with van der Waals surface area (Å²) >= 11 is 1.45. The number of rotatable bonds is 6. The SMILES string of the molecule is CC(NC(=O)CSc1nncn1C1CC1)c1cccc2ccccc12. The van der Waals surface area contributed by atoms with Crippen LogP contribution in [0.4, 0.5) is 0 Å². The molecule has 0 radical (unpaired) electrons. The first kappa shape index (κ1) is 16.1. The van der Waals surface area contributed by atoms with E-state index in [4.69, 9.17) is 0 Å². The molecule has 1 aliphatic carbocycles. The van der Waals surface area contributed by atoms with E-state index in [9.17, 15) is 4.79 Å². The molecule has 25 heavy (non-hydrogen) atoms. The van der Waals surface area contributed by atoms with Crippen molar-refractivity contribution < 1.29 is 4.79 Å². The van der Waals surface area contributed by atoms with E-state index >= 15 is 0 Å². The molecule has 0 saturated heterocycles. The van der Waals surface area contributed by atoms with Crippen molar-refractivity contribution in [3.63, 3.8) is 0 Å². The maximum atomic E-state index is 12.4. The van der Waals surface area contributed by atoms with Gasteiger partial charge in [-0.2, -0.15) is 0 Å². The minimum absolute atomic E-state index is 0.00998.